The maximum atomic E-state index is 12.7. The van der Waals surface area contributed by atoms with E-state index in [9.17, 15) is 55.8 Å². The summed E-state index contributed by atoms with van der Waals surface area (Å²) in [6.07, 6.45) is -18.2. The van der Waals surface area contributed by atoms with Gasteiger partial charge in [-0.1, -0.05) is 0 Å². The lowest BCUT2D eigenvalue weighted by molar-refractivity contribution is -0.435. The maximum absolute atomic E-state index is 12.7. The molecule has 0 radical (unpaired) electrons. The summed E-state index contributed by atoms with van der Waals surface area (Å²) in [7, 11) is -14.0. The Hall–Kier alpha value is -0.810. The van der Waals surface area contributed by atoms with Gasteiger partial charge in [0, 0.05) is 0 Å². The van der Waals surface area contributed by atoms with E-state index in [0.29, 0.717) is 4.13 Å². The van der Waals surface area contributed by atoms with Gasteiger partial charge in [0.05, 0.1) is 0 Å². The molecule has 0 fully saturated rings. The van der Waals surface area contributed by atoms with Crippen molar-refractivity contribution < 1.29 is 60.6 Å². The van der Waals surface area contributed by atoms with Gasteiger partial charge in [-0.05, 0) is 0 Å². The Morgan fingerprint density at radius 1 is 0.905 bits per heavy atom. The molecule has 0 N–H and O–H groups in total. The van der Waals surface area contributed by atoms with Crippen LogP contribution in [-0.4, -0.2) is 40.7 Å². The van der Waals surface area contributed by atoms with Gasteiger partial charge in [0.15, 0.2) is 10.0 Å². The number of alkyl halides is 8. The quantitative estimate of drug-likeness (QED) is 0.499. The lowest BCUT2D eigenvalue weighted by Gasteiger charge is -2.31. The minimum Gasteiger partial charge on any atom is -0.402 e. The largest absolute Gasteiger partial charge is 0.437 e. The molecule has 17 heteroatoms. The molecule has 0 aromatic rings. The molecule has 0 rings (SSSR count). The lowest BCUT2D eigenvalue weighted by Crippen LogP contribution is -2.53. The van der Waals surface area contributed by atoms with Crippen LogP contribution < -0.4 is 0 Å². The summed E-state index contributed by atoms with van der Waals surface area (Å²) in [5.74, 6) is 0. The first kappa shape index (κ1) is 20.2. The van der Waals surface area contributed by atoms with Crippen LogP contribution in [0.2, 0.25) is 0 Å². The zero-order chi connectivity index (χ0) is 17.5. The van der Waals surface area contributed by atoms with Crippen molar-refractivity contribution >= 4 is 20.4 Å². The molecule has 128 valence electrons. The van der Waals surface area contributed by atoms with E-state index in [1.165, 1.54) is 0 Å². The van der Waals surface area contributed by atoms with Crippen LogP contribution in [0.4, 0.5) is 39.0 Å². The highest BCUT2D eigenvalue weighted by Gasteiger charge is 2.69. The van der Waals surface area contributed by atoms with Crippen LogP contribution in [0.25, 0.3) is 4.13 Å². The molecule has 0 aromatic carbocycles. The van der Waals surface area contributed by atoms with Crippen molar-refractivity contribution in [1.29, 1.82) is 0 Å². The predicted octanol–water partition coefficient (Wildman–Crippen LogP) is 1.96. The molecule has 0 unspecified atom stereocenters. The Morgan fingerprint density at radius 2 is 1.29 bits per heavy atom. The van der Waals surface area contributed by atoms with Crippen LogP contribution in [-0.2, 0) is 25.2 Å². The molecule has 21 heavy (non-hydrogen) atoms. The highest BCUT2D eigenvalue weighted by atomic mass is 32.3. The van der Waals surface area contributed by atoms with E-state index in [1.54, 1.807) is 4.74 Å². The Labute approximate surface area is 110 Å². The second-order valence-electron chi connectivity index (χ2n) is 2.96. The highest BCUT2D eigenvalue weighted by Crippen LogP contribution is 2.46. The van der Waals surface area contributed by atoms with Crippen LogP contribution in [0.1, 0.15) is 0 Å². The van der Waals surface area contributed by atoms with Crippen LogP contribution in [0.5, 0.6) is 0 Å². The molecular weight excluding hydrogens is 377 g/mol. The molecule has 0 amide bonds. The second-order valence-corrected chi connectivity index (χ2v) is 5.84. The molecule has 0 saturated carbocycles. The van der Waals surface area contributed by atoms with Crippen molar-refractivity contribution in [2.45, 2.75) is 23.9 Å². The average Bonchev–Trinajstić information content (AvgIpc) is 2.10. The number of hydrogen-bond acceptors (Lipinski definition) is 5. The van der Waals surface area contributed by atoms with Gasteiger partial charge in [-0.15, -0.1) is 3.89 Å². The molecule has 0 spiro atoms. The average molecular weight is 378 g/mol. The summed E-state index contributed by atoms with van der Waals surface area (Å²) in [4.78, 5) is 0. The number of ether oxygens (including phenoxy) is 1. The number of hydrogen-bond donors (Lipinski definition) is 0. The Morgan fingerprint density at radius 3 is 1.57 bits per heavy atom. The highest BCUT2D eigenvalue weighted by molar-refractivity contribution is 8.10. The van der Waals surface area contributed by atoms with Gasteiger partial charge in [0.25, 0.3) is 0 Å². The van der Waals surface area contributed by atoms with E-state index >= 15 is 0 Å². The van der Waals surface area contributed by atoms with Crippen LogP contribution >= 0.6 is 0 Å². The van der Waals surface area contributed by atoms with Crippen molar-refractivity contribution in [3.63, 3.8) is 0 Å². The van der Waals surface area contributed by atoms with Gasteiger partial charge < -0.3 is 4.13 Å². The minimum absolute atomic E-state index is 0.689. The van der Waals surface area contributed by atoms with Crippen molar-refractivity contribution in [1.82, 2.24) is 0 Å². The number of halogens is 9. The first-order valence-corrected chi connectivity index (χ1v) is 6.69. The Kier molecular flexibility index (Phi) is 5.22. The summed E-state index contributed by atoms with van der Waals surface area (Å²) in [6.45, 7) is 0. The zero-order valence-corrected chi connectivity index (χ0v) is 10.4. The molecule has 6 nitrogen and oxygen atoms in total. The van der Waals surface area contributed by atoms with E-state index in [1.807, 2.05) is 0 Å². The third kappa shape index (κ3) is 4.58. The van der Waals surface area contributed by atoms with Crippen LogP contribution in [0.15, 0.2) is 0 Å². The van der Waals surface area contributed by atoms with Gasteiger partial charge in [0.2, 0.25) is 10.4 Å². The van der Waals surface area contributed by atoms with E-state index in [-0.39, 0.29) is 0 Å². The summed E-state index contributed by atoms with van der Waals surface area (Å²) in [5.41, 5.74) is 0. The Balaban J connectivity index is 5.68. The molecule has 0 aliphatic heterocycles. The predicted molar refractivity (Wildman–Crippen MR) is 44.2 cm³/mol. The molecule has 0 saturated heterocycles. The van der Waals surface area contributed by atoms with E-state index in [0.717, 1.165) is 0 Å². The summed E-state index contributed by atoms with van der Waals surface area (Å²) in [6, 6.07) is 0. The zero-order valence-electron chi connectivity index (χ0n) is 8.78. The van der Waals surface area contributed by atoms with E-state index in [2.05, 4.69) is 0 Å². The molecule has 0 bridgehead atoms. The molecule has 0 heterocycles. The fraction of sp³-hybridized carbons (Fsp3) is 1.00. The van der Waals surface area contributed by atoms with Crippen molar-refractivity contribution in [3.8, 4) is 0 Å². The second kappa shape index (κ2) is 5.43. The third-order valence-electron chi connectivity index (χ3n) is 1.37. The first-order valence-electron chi connectivity index (χ1n) is 3.91. The summed E-state index contributed by atoms with van der Waals surface area (Å²) < 4.78 is 152. The number of sulfonamides is 1. The normalized spacial score (nSPS) is 15.5. The molecule has 0 aliphatic carbocycles. The van der Waals surface area contributed by atoms with Crippen LogP contribution in [0.3, 0.4) is 0 Å². The minimum atomic E-state index is -7.30. The van der Waals surface area contributed by atoms with Gasteiger partial charge in [0.1, 0.15) is 0 Å². The topological polar surface area (TPSA) is 91.6 Å². The lowest BCUT2D eigenvalue weighted by atomic mass is 10.6. The van der Waals surface area contributed by atoms with Crippen molar-refractivity contribution in [3.05, 3.63) is 4.13 Å². The van der Waals surface area contributed by atoms with Crippen molar-refractivity contribution in [2.24, 2.45) is 0 Å². The van der Waals surface area contributed by atoms with E-state index in [4.69, 9.17) is 0 Å². The molecular formula is C4HF9NO5S2-. The molecule has 0 aromatic heterocycles. The van der Waals surface area contributed by atoms with Gasteiger partial charge in [-0.2, -0.15) is 26.3 Å². The number of nitrogens with zero attached hydrogens (tertiary/aromatic N) is 1. The van der Waals surface area contributed by atoms with Gasteiger partial charge in [-0.3, -0.25) is 0 Å². The SMILES string of the molecule is O=S(=O)(F)[N-]S(=O)(=O)C(F)(F)C(F)(F)OC(F)(F)C(F)F. The van der Waals surface area contributed by atoms with Crippen LogP contribution in [0, 0.1) is 0 Å². The Bertz CT molecular complexity index is 583. The van der Waals surface area contributed by atoms with Crippen molar-refractivity contribution in [2.75, 3.05) is 0 Å². The summed E-state index contributed by atoms with van der Waals surface area (Å²) >= 11 is 0. The monoisotopic (exact) mass is 378 g/mol. The standard InChI is InChI=1S/C4HF9NO5S2/c5-1(6)2(7,8)19-3(9,10)4(11,12)20(15,16)14-21(13,17)18/h1H/q-1. The first-order chi connectivity index (χ1) is 8.86. The maximum Gasteiger partial charge on any atom is 0.437 e. The molecule has 0 atom stereocenters. The third-order valence-corrected chi connectivity index (χ3v) is 3.75. The van der Waals surface area contributed by atoms with Gasteiger partial charge >= 0.3 is 23.9 Å². The number of rotatable bonds is 7. The smallest absolute Gasteiger partial charge is 0.402 e. The molecule has 0 aliphatic rings. The summed E-state index contributed by atoms with van der Waals surface area (Å²) in [5, 5.41) is -6.89. The fourth-order valence-electron chi connectivity index (χ4n) is 0.589. The van der Waals surface area contributed by atoms with E-state index < -0.39 is 44.3 Å². The fourth-order valence-corrected chi connectivity index (χ4v) is 2.24. The van der Waals surface area contributed by atoms with Gasteiger partial charge in [-0.25, -0.2) is 30.4 Å².